The van der Waals surface area contributed by atoms with Gasteiger partial charge in [0.1, 0.15) is 19.8 Å². The fraction of sp³-hybridized carbons (Fsp3) is 0.957. The summed E-state index contributed by atoms with van der Waals surface area (Å²) in [6.45, 7) is 3.20. The van der Waals surface area contributed by atoms with Crippen LogP contribution in [0.1, 0.15) is 239 Å². The first-order valence-corrected chi connectivity index (χ1v) is 25.6. The molecule has 10 heteroatoms. The van der Waals surface area contributed by atoms with Gasteiger partial charge in [0.15, 0.2) is 6.10 Å². The Morgan fingerprint density at radius 1 is 0.509 bits per heavy atom. The number of rotatable bonds is 45. The molecule has 0 aliphatic heterocycles. The number of ether oxygens (including phenoxy) is 2. The molecule has 0 N–H and O–H groups in total. The Balaban J connectivity index is 3.45. The monoisotopic (exact) mass is 832 g/mol. The van der Waals surface area contributed by atoms with Crippen LogP contribution in [0.3, 0.4) is 0 Å². The lowest BCUT2D eigenvalue weighted by Crippen LogP contribution is -2.37. The number of esters is 2. The maximum Gasteiger partial charge on any atom is 0.305 e. The highest BCUT2D eigenvalue weighted by Gasteiger charge is 2.20. The minimum atomic E-state index is -4.57. The van der Waals surface area contributed by atoms with Crippen LogP contribution in [0.25, 0.3) is 0 Å². The lowest BCUT2D eigenvalue weighted by atomic mass is 10.0. The molecule has 1 unspecified atom stereocenters. The average Bonchev–Trinajstić information content (AvgIpc) is 3.15. The standard InChI is InChI=1S/C47H94NO8P/c1-6-7-8-9-10-11-12-13-14-15-16-17-18-19-20-21-22-23-24-25-26-27-28-29-30-31-32-33-34-35-36-37-38-39-40-47(50)53-43-46(56-45(2)49)44-55-57(51,52)54-42-41-48(3,4)5/h46H,6-44H2,1-5H3/t46-/m1/s1. The summed E-state index contributed by atoms with van der Waals surface area (Å²) >= 11 is 0. The molecule has 0 saturated carbocycles. The number of unbranched alkanes of at least 4 members (excludes halogenated alkanes) is 33. The van der Waals surface area contributed by atoms with E-state index in [1.54, 1.807) is 0 Å². The highest BCUT2D eigenvalue weighted by Crippen LogP contribution is 2.38. The Morgan fingerprint density at radius 3 is 1.12 bits per heavy atom. The topological polar surface area (TPSA) is 111 Å². The van der Waals surface area contributed by atoms with E-state index in [4.69, 9.17) is 18.5 Å². The maximum absolute atomic E-state index is 12.2. The molecule has 57 heavy (non-hydrogen) atoms. The Hall–Kier alpha value is -0.990. The lowest BCUT2D eigenvalue weighted by Gasteiger charge is -2.28. The average molecular weight is 832 g/mol. The van der Waals surface area contributed by atoms with E-state index < -0.39 is 32.5 Å². The molecule has 0 heterocycles. The van der Waals surface area contributed by atoms with Crippen molar-refractivity contribution >= 4 is 19.8 Å². The van der Waals surface area contributed by atoms with Crippen LogP contribution in [0.15, 0.2) is 0 Å². The summed E-state index contributed by atoms with van der Waals surface area (Å²) in [6, 6.07) is 0. The van der Waals surface area contributed by atoms with Gasteiger partial charge in [0, 0.05) is 13.3 Å². The van der Waals surface area contributed by atoms with Crippen LogP contribution in [0.5, 0.6) is 0 Å². The normalized spacial score (nSPS) is 13.4. The van der Waals surface area contributed by atoms with Crippen molar-refractivity contribution in [2.75, 3.05) is 47.5 Å². The number of quaternary nitrogens is 1. The third kappa shape index (κ3) is 45.9. The summed E-state index contributed by atoms with van der Waals surface area (Å²) in [4.78, 5) is 35.7. The molecule has 340 valence electrons. The molecule has 0 fully saturated rings. The van der Waals surface area contributed by atoms with Gasteiger partial charge < -0.3 is 27.9 Å². The highest BCUT2D eigenvalue weighted by atomic mass is 31.2. The molecule has 0 aliphatic rings. The van der Waals surface area contributed by atoms with E-state index >= 15 is 0 Å². The zero-order chi connectivity index (χ0) is 42.1. The van der Waals surface area contributed by atoms with Crippen molar-refractivity contribution < 1.29 is 42.1 Å². The van der Waals surface area contributed by atoms with Gasteiger partial charge in [0.05, 0.1) is 27.7 Å². The van der Waals surface area contributed by atoms with Gasteiger partial charge in [-0.15, -0.1) is 0 Å². The van der Waals surface area contributed by atoms with Crippen molar-refractivity contribution in [1.82, 2.24) is 0 Å². The number of carbonyl (C=O) groups excluding carboxylic acids is 2. The van der Waals surface area contributed by atoms with Gasteiger partial charge in [-0.3, -0.25) is 14.2 Å². The van der Waals surface area contributed by atoms with Crippen LogP contribution in [0, 0.1) is 0 Å². The number of phosphoric acid groups is 1. The smallest absolute Gasteiger partial charge is 0.305 e. The largest absolute Gasteiger partial charge is 0.756 e. The second kappa shape index (κ2) is 40.4. The van der Waals surface area contributed by atoms with Gasteiger partial charge in [-0.25, -0.2) is 0 Å². The van der Waals surface area contributed by atoms with E-state index in [1.165, 1.54) is 206 Å². The minimum Gasteiger partial charge on any atom is -0.756 e. The molecule has 0 spiro atoms. The molecule has 0 amide bonds. The van der Waals surface area contributed by atoms with Gasteiger partial charge in [-0.2, -0.15) is 0 Å². The number of hydrogen-bond acceptors (Lipinski definition) is 8. The Labute approximate surface area is 353 Å². The molecule has 0 aromatic rings. The molecule has 0 aromatic carbocycles. The second-order valence-corrected chi connectivity index (χ2v) is 19.3. The molecule has 2 atom stereocenters. The first-order chi connectivity index (χ1) is 27.4. The molecule has 0 aromatic heterocycles. The summed E-state index contributed by atoms with van der Waals surface area (Å²) in [6.07, 6.45) is 45.8. The minimum absolute atomic E-state index is 0.0305. The zero-order valence-electron chi connectivity index (χ0n) is 38.3. The fourth-order valence-electron chi connectivity index (χ4n) is 7.25. The molecule has 0 bridgehead atoms. The summed E-state index contributed by atoms with van der Waals surface area (Å²) < 4.78 is 32.6. The predicted molar refractivity (Wildman–Crippen MR) is 236 cm³/mol. The van der Waals surface area contributed by atoms with Crippen molar-refractivity contribution in [3.8, 4) is 0 Å². The SMILES string of the molecule is CCCCCCCCCCCCCCCCCCCCCCCCCCCCCCCCCCCCC(=O)OC[C@H](COP(=O)([O-])OCC[N+](C)(C)C)OC(C)=O. The van der Waals surface area contributed by atoms with E-state index in [-0.39, 0.29) is 19.6 Å². The quantitative estimate of drug-likeness (QED) is 0.0258. The van der Waals surface area contributed by atoms with Crippen LogP contribution < -0.4 is 4.89 Å². The molecule has 0 radical (unpaired) electrons. The van der Waals surface area contributed by atoms with Crippen LogP contribution in [0.4, 0.5) is 0 Å². The van der Waals surface area contributed by atoms with Crippen LogP contribution >= 0.6 is 7.82 Å². The predicted octanol–water partition coefficient (Wildman–Crippen LogP) is 13.3. The first kappa shape index (κ1) is 56.0. The van der Waals surface area contributed by atoms with Gasteiger partial charge in [0.25, 0.3) is 7.82 Å². The molecule has 0 saturated heterocycles. The molecular formula is C47H94NO8P. The number of likely N-dealkylation sites (N-methyl/N-ethyl adjacent to an activating group) is 1. The van der Waals surface area contributed by atoms with E-state index in [0.29, 0.717) is 11.0 Å². The van der Waals surface area contributed by atoms with Gasteiger partial charge in [-0.1, -0.05) is 219 Å². The fourth-order valence-corrected chi connectivity index (χ4v) is 7.98. The summed E-state index contributed by atoms with van der Waals surface area (Å²) in [5, 5.41) is 0. The summed E-state index contributed by atoms with van der Waals surface area (Å²) in [5.74, 6) is -1.01. The van der Waals surface area contributed by atoms with Crippen molar-refractivity contribution in [2.45, 2.75) is 245 Å². The molecule has 0 aliphatic carbocycles. The van der Waals surface area contributed by atoms with E-state index in [9.17, 15) is 19.0 Å². The van der Waals surface area contributed by atoms with Crippen molar-refractivity contribution in [3.05, 3.63) is 0 Å². The van der Waals surface area contributed by atoms with Gasteiger partial charge in [0.2, 0.25) is 0 Å². The van der Waals surface area contributed by atoms with Crippen LogP contribution in [-0.2, 0) is 32.7 Å². The number of nitrogens with zero attached hydrogens (tertiary/aromatic N) is 1. The third-order valence-electron chi connectivity index (χ3n) is 10.9. The number of hydrogen-bond donors (Lipinski definition) is 0. The van der Waals surface area contributed by atoms with Gasteiger partial charge in [-0.05, 0) is 6.42 Å². The van der Waals surface area contributed by atoms with Gasteiger partial charge >= 0.3 is 11.9 Å². The van der Waals surface area contributed by atoms with E-state index in [2.05, 4.69) is 6.92 Å². The Bertz CT molecular complexity index is 943. The third-order valence-corrected chi connectivity index (χ3v) is 11.9. The number of carbonyl (C=O) groups is 2. The zero-order valence-corrected chi connectivity index (χ0v) is 39.2. The molecule has 0 rings (SSSR count). The highest BCUT2D eigenvalue weighted by molar-refractivity contribution is 7.45. The van der Waals surface area contributed by atoms with Crippen molar-refractivity contribution in [3.63, 3.8) is 0 Å². The Kier molecular flexibility index (Phi) is 39.7. The second-order valence-electron chi connectivity index (χ2n) is 17.9. The molecular weight excluding hydrogens is 737 g/mol. The summed E-state index contributed by atoms with van der Waals surface area (Å²) in [5.41, 5.74) is 0. The summed E-state index contributed by atoms with van der Waals surface area (Å²) in [7, 11) is 1.17. The van der Waals surface area contributed by atoms with E-state index in [0.717, 1.165) is 19.3 Å². The van der Waals surface area contributed by atoms with E-state index in [1.807, 2.05) is 21.1 Å². The first-order valence-electron chi connectivity index (χ1n) is 24.2. The number of phosphoric ester groups is 1. The molecule has 9 nitrogen and oxygen atoms in total. The van der Waals surface area contributed by atoms with Crippen molar-refractivity contribution in [1.29, 1.82) is 0 Å². The Morgan fingerprint density at radius 2 is 0.825 bits per heavy atom. The van der Waals surface area contributed by atoms with Crippen LogP contribution in [0.2, 0.25) is 0 Å². The van der Waals surface area contributed by atoms with Crippen molar-refractivity contribution in [2.24, 2.45) is 0 Å². The lowest BCUT2D eigenvalue weighted by molar-refractivity contribution is -0.870. The maximum atomic E-state index is 12.2. The van der Waals surface area contributed by atoms with Crippen LogP contribution in [-0.4, -0.2) is 70.0 Å².